The number of carbonyl (C=O) groups is 2. The van der Waals surface area contributed by atoms with Gasteiger partial charge in [0.25, 0.3) is 11.8 Å². The predicted molar refractivity (Wildman–Crippen MR) is 132 cm³/mol. The number of hydrogen-bond donors (Lipinski definition) is 1. The van der Waals surface area contributed by atoms with E-state index in [2.05, 4.69) is 15.5 Å². The number of para-hydroxylation sites is 1. The summed E-state index contributed by atoms with van der Waals surface area (Å²) in [5, 5.41) is 11.1. The summed E-state index contributed by atoms with van der Waals surface area (Å²) < 4.78 is 16.2. The number of aromatic nitrogens is 3. The van der Waals surface area contributed by atoms with Gasteiger partial charge in [0.1, 0.15) is 5.60 Å². The molecule has 0 atom stereocenters. The van der Waals surface area contributed by atoms with Crippen LogP contribution in [-0.4, -0.2) is 32.7 Å². The Bertz CT molecular complexity index is 1550. The number of rotatable bonds is 5. The predicted octanol–water partition coefficient (Wildman–Crippen LogP) is 5.75. The van der Waals surface area contributed by atoms with E-state index < -0.39 is 17.5 Å². The van der Waals surface area contributed by atoms with Gasteiger partial charge in [0, 0.05) is 10.9 Å². The molecule has 1 amide bonds. The van der Waals surface area contributed by atoms with Crippen LogP contribution in [-0.2, 0) is 4.74 Å². The van der Waals surface area contributed by atoms with Crippen molar-refractivity contribution >= 4 is 28.8 Å². The molecule has 36 heavy (non-hydrogen) atoms. The van der Waals surface area contributed by atoms with Gasteiger partial charge in [0.05, 0.1) is 28.6 Å². The lowest BCUT2D eigenvalue weighted by Gasteiger charge is -2.19. The molecule has 0 fully saturated rings. The zero-order chi connectivity index (χ0) is 25.3. The molecule has 9 nitrogen and oxygen atoms in total. The Kier molecular flexibility index (Phi) is 5.81. The second-order valence-electron chi connectivity index (χ2n) is 9.00. The highest BCUT2D eigenvalue weighted by atomic mass is 16.6. The van der Waals surface area contributed by atoms with Gasteiger partial charge in [-0.25, -0.2) is 9.78 Å². The lowest BCUT2D eigenvalue weighted by Crippen LogP contribution is -2.23. The summed E-state index contributed by atoms with van der Waals surface area (Å²) in [6.45, 7) is 5.45. The highest BCUT2D eigenvalue weighted by Crippen LogP contribution is 2.27. The van der Waals surface area contributed by atoms with E-state index in [-0.39, 0.29) is 11.9 Å². The number of fused-ring (bicyclic) bond motifs is 1. The van der Waals surface area contributed by atoms with Crippen molar-refractivity contribution in [1.29, 1.82) is 0 Å². The van der Waals surface area contributed by atoms with Crippen molar-refractivity contribution < 1.29 is 23.2 Å². The quantitative estimate of drug-likeness (QED) is 0.314. The number of pyridine rings is 1. The fraction of sp³-hybridized carbons (Fsp3) is 0.148. The van der Waals surface area contributed by atoms with Gasteiger partial charge in [-0.2, -0.15) is 0 Å². The third kappa shape index (κ3) is 4.85. The Hall–Kier alpha value is -4.79. The number of nitrogens with one attached hydrogen (secondary N) is 1. The van der Waals surface area contributed by atoms with Gasteiger partial charge < -0.3 is 13.6 Å². The second-order valence-corrected chi connectivity index (χ2v) is 9.00. The fourth-order valence-corrected chi connectivity index (χ4v) is 3.56. The molecule has 0 radical (unpaired) electrons. The number of amides is 1. The number of hydrogen-bond acceptors (Lipinski definition) is 8. The Morgan fingerprint density at radius 3 is 2.44 bits per heavy atom. The number of ether oxygens (including phenoxy) is 1. The van der Waals surface area contributed by atoms with Crippen LogP contribution in [0.15, 0.2) is 81.8 Å². The largest absolute Gasteiger partial charge is 0.459 e. The number of carbonyl (C=O) groups excluding carboxylic acids is 2. The molecule has 0 unspecified atom stereocenters. The number of benzene rings is 2. The molecule has 0 saturated carbocycles. The van der Waals surface area contributed by atoms with Crippen LogP contribution in [0, 0.1) is 0 Å². The lowest BCUT2D eigenvalue weighted by atomic mass is 10.0. The minimum atomic E-state index is -0.588. The van der Waals surface area contributed by atoms with Gasteiger partial charge in [-0.1, -0.05) is 35.4 Å². The summed E-state index contributed by atoms with van der Waals surface area (Å²) in [7, 11) is 0. The van der Waals surface area contributed by atoms with Crippen LogP contribution in [0.25, 0.3) is 33.8 Å². The Morgan fingerprint density at radius 1 is 0.944 bits per heavy atom. The first-order valence-corrected chi connectivity index (χ1v) is 11.2. The molecule has 1 N–H and O–H groups in total. The van der Waals surface area contributed by atoms with E-state index in [1.54, 1.807) is 42.5 Å². The summed E-state index contributed by atoms with van der Waals surface area (Å²) in [5.41, 5.74) is 2.16. The molecule has 3 aromatic heterocycles. The summed E-state index contributed by atoms with van der Waals surface area (Å²) in [5.74, 6) is -0.293. The van der Waals surface area contributed by atoms with E-state index in [9.17, 15) is 9.59 Å². The van der Waals surface area contributed by atoms with Crippen molar-refractivity contribution in [2.45, 2.75) is 26.4 Å². The van der Waals surface area contributed by atoms with Crippen LogP contribution < -0.4 is 5.32 Å². The molecule has 3 heterocycles. The topological polar surface area (TPSA) is 120 Å². The van der Waals surface area contributed by atoms with E-state index >= 15 is 0 Å². The fourth-order valence-electron chi connectivity index (χ4n) is 3.56. The molecule has 2 aromatic carbocycles. The van der Waals surface area contributed by atoms with Crippen LogP contribution in [0.2, 0.25) is 0 Å². The van der Waals surface area contributed by atoms with Crippen LogP contribution >= 0.6 is 0 Å². The zero-order valence-corrected chi connectivity index (χ0v) is 19.8. The van der Waals surface area contributed by atoms with Crippen molar-refractivity contribution in [1.82, 2.24) is 15.2 Å². The van der Waals surface area contributed by atoms with Gasteiger partial charge in [-0.05, 0) is 57.2 Å². The average Bonchev–Trinajstić information content (AvgIpc) is 3.55. The second kappa shape index (κ2) is 9.10. The summed E-state index contributed by atoms with van der Waals surface area (Å²) in [4.78, 5) is 30.3. The molecule has 5 rings (SSSR count). The molecule has 0 aliphatic carbocycles. The molecular weight excluding hydrogens is 460 g/mol. The molecule has 0 aliphatic rings. The summed E-state index contributed by atoms with van der Waals surface area (Å²) in [6, 6.07) is 19.2. The first kappa shape index (κ1) is 23.0. The normalized spacial score (nSPS) is 11.4. The molecular formula is C27H22N4O5. The maximum Gasteiger partial charge on any atom is 0.338 e. The number of furan rings is 1. The Balaban J connectivity index is 1.45. The number of esters is 1. The molecule has 180 valence electrons. The van der Waals surface area contributed by atoms with E-state index in [0.29, 0.717) is 33.5 Å². The van der Waals surface area contributed by atoms with Crippen LogP contribution in [0.4, 0.5) is 6.01 Å². The minimum absolute atomic E-state index is 0.0597. The molecule has 0 saturated heterocycles. The first-order valence-electron chi connectivity index (χ1n) is 11.2. The average molecular weight is 482 g/mol. The maximum atomic E-state index is 13.2. The van der Waals surface area contributed by atoms with E-state index in [4.69, 9.17) is 18.6 Å². The van der Waals surface area contributed by atoms with Crippen LogP contribution in [0.5, 0.6) is 0 Å². The van der Waals surface area contributed by atoms with Crippen molar-refractivity contribution in [3.63, 3.8) is 0 Å². The lowest BCUT2D eigenvalue weighted by molar-refractivity contribution is 0.00694. The third-order valence-electron chi connectivity index (χ3n) is 5.15. The van der Waals surface area contributed by atoms with Gasteiger partial charge >= 0.3 is 12.0 Å². The summed E-state index contributed by atoms with van der Waals surface area (Å²) >= 11 is 0. The summed E-state index contributed by atoms with van der Waals surface area (Å²) in [6.07, 6.45) is 1.49. The van der Waals surface area contributed by atoms with E-state index in [1.165, 1.54) is 6.26 Å². The van der Waals surface area contributed by atoms with Crippen molar-refractivity contribution in [2.75, 3.05) is 5.32 Å². The number of anilines is 1. The Labute approximate surface area is 206 Å². The number of nitrogens with zero attached hydrogens (tertiary/aromatic N) is 3. The van der Waals surface area contributed by atoms with Crippen molar-refractivity contribution in [3.05, 3.63) is 84.1 Å². The monoisotopic (exact) mass is 482 g/mol. The molecule has 9 heteroatoms. The molecule has 5 aromatic rings. The van der Waals surface area contributed by atoms with Gasteiger partial charge in [-0.15, -0.1) is 5.10 Å². The van der Waals surface area contributed by atoms with E-state index in [1.807, 2.05) is 45.0 Å². The molecule has 0 bridgehead atoms. The van der Waals surface area contributed by atoms with Gasteiger partial charge in [0.15, 0.2) is 5.76 Å². The SMILES string of the molecule is CC(C)(C)OC(=O)c1ccc(-c2cc(C(=O)Nc3nnc(-c4ccco4)o3)c3ccccc3n2)cc1. The molecule has 0 spiro atoms. The standard InChI is InChI=1S/C27H22N4O5/c1-27(2,3)36-25(33)17-12-10-16(11-13-17)21-15-19(18-7-4-5-8-20(18)28-21)23(32)29-26-31-30-24(35-26)22-9-6-14-34-22/h4-15H,1-3H3,(H,29,31,32). The minimum Gasteiger partial charge on any atom is -0.459 e. The third-order valence-corrected chi connectivity index (χ3v) is 5.15. The first-order chi connectivity index (χ1) is 17.3. The van der Waals surface area contributed by atoms with Gasteiger partial charge in [0.2, 0.25) is 0 Å². The smallest absolute Gasteiger partial charge is 0.338 e. The highest BCUT2D eigenvalue weighted by Gasteiger charge is 2.20. The van der Waals surface area contributed by atoms with Gasteiger partial charge in [-0.3, -0.25) is 10.1 Å². The highest BCUT2D eigenvalue weighted by molar-refractivity contribution is 6.12. The van der Waals surface area contributed by atoms with Crippen LogP contribution in [0.1, 0.15) is 41.5 Å². The van der Waals surface area contributed by atoms with Crippen LogP contribution in [0.3, 0.4) is 0 Å². The van der Waals surface area contributed by atoms with E-state index in [0.717, 1.165) is 5.56 Å². The van der Waals surface area contributed by atoms with Crippen molar-refractivity contribution in [2.24, 2.45) is 0 Å². The maximum absolute atomic E-state index is 13.2. The zero-order valence-electron chi connectivity index (χ0n) is 19.8. The van der Waals surface area contributed by atoms with Crippen molar-refractivity contribution in [3.8, 4) is 22.9 Å². The molecule has 0 aliphatic heterocycles. The Morgan fingerprint density at radius 2 is 1.72 bits per heavy atom.